The number of fused-ring (bicyclic) bond motifs is 1. The fraction of sp³-hybridized carbons (Fsp3) is 0.704. The van der Waals surface area contributed by atoms with Crippen LogP contribution in [0.15, 0.2) is 18.2 Å². The van der Waals surface area contributed by atoms with Gasteiger partial charge in [-0.1, -0.05) is 27.7 Å². The molecule has 186 valence electrons. The quantitative estimate of drug-likeness (QED) is 0.334. The molecule has 33 heavy (non-hydrogen) atoms. The SMILES string of the molecule is CCN(CC)CCCC(C)Nc1cc(NC(C)CCCN(CC)CC)c2nc(C)ccc2n1. The fourth-order valence-corrected chi connectivity index (χ4v) is 4.37. The monoisotopic (exact) mass is 456 g/mol. The molecule has 0 aromatic carbocycles. The lowest BCUT2D eigenvalue weighted by molar-refractivity contribution is 0.295. The summed E-state index contributed by atoms with van der Waals surface area (Å²) < 4.78 is 0. The highest BCUT2D eigenvalue weighted by Crippen LogP contribution is 2.26. The standard InChI is InChI=1S/C27H48N6/c1-8-32(9-2)18-12-14-21(5)28-25-20-26(31-24-17-16-23(7)30-27(24)25)29-22(6)15-13-19-33(10-3)11-4/h16-17,20-22H,8-15,18-19H2,1-7H3,(H2,28,29,31). The lowest BCUT2D eigenvalue weighted by Gasteiger charge is -2.22. The topological polar surface area (TPSA) is 56.3 Å². The Kier molecular flexibility index (Phi) is 11.9. The lowest BCUT2D eigenvalue weighted by Crippen LogP contribution is -2.26. The normalized spacial score (nSPS) is 13.6. The fourth-order valence-electron chi connectivity index (χ4n) is 4.37. The zero-order valence-electron chi connectivity index (χ0n) is 22.2. The first-order valence-electron chi connectivity index (χ1n) is 13.2. The van der Waals surface area contributed by atoms with Crippen molar-refractivity contribution in [3.63, 3.8) is 0 Å². The van der Waals surface area contributed by atoms with E-state index in [2.05, 4.69) is 74.1 Å². The smallest absolute Gasteiger partial charge is 0.129 e. The van der Waals surface area contributed by atoms with Gasteiger partial charge >= 0.3 is 0 Å². The number of hydrogen-bond acceptors (Lipinski definition) is 6. The number of nitrogens with one attached hydrogen (secondary N) is 2. The molecule has 2 unspecified atom stereocenters. The molecule has 2 rings (SSSR count). The minimum absolute atomic E-state index is 0.378. The molecule has 2 heterocycles. The van der Waals surface area contributed by atoms with Crippen molar-refractivity contribution >= 4 is 22.5 Å². The first-order chi connectivity index (χ1) is 15.9. The molecule has 0 spiro atoms. The first-order valence-corrected chi connectivity index (χ1v) is 13.2. The Morgan fingerprint density at radius 2 is 1.33 bits per heavy atom. The van der Waals surface area contributed by atoms with Crippen LogP contribution in [-0.4, -0.2) is 71.1 Å². The van der Waals surface area contributed by atoms with Crippen LogP contribution in [0.25, 0.3) is 11.0 Å². The average Bonchev–Trinajstić information content (AvgIpc) is 2.80. The molecule has 2 N–H and O–H groups in total. The number of anilines is 2. The highest BCUT2D eigenvalue weighted by atomic mass is 15.1. The summed E-state index contributed by atoms with van der Waals surface area (Å²) >= 11 is 0. The van der Waals surface area contributed by atoms with E-state index in [1.54, 1.807) is 0 Å². The van der Waals surface area contributed by atoms with Crippen molar-refractivity contribution in [3.8, 4) is 0 Å². The van der Waals surface area contributed by atoms with Crippen molar-refractivity contribution in [1.29, 1.82) is 0 Å². The number of hydrogen-bond donors (Lipinski definition) is 2. The Labute approximate surface area is 202 Å². The summed E-state index contributed by atoms with van der Waals surface area (Å²) in [4.78, 5) is 14.7. The maximum absolute atomic E-state index is 4.88. The molecule has 0 aliphatic carbocycles. The number of nitrogens with zero attached hydrogens (tertiary/aromatic N) is 4. The van der Waals surface area contributed by atoms with Gasteiger partial charge in [0.05, 0.1) is 11.2 Å². The Hall–Kier alpha value is -1.92. The van der Waals surface area contributed by atoms with Gasteiger partial charge in [0, 0.05) is 23.8 Å². The summed E-state index contributed by atoms with van der Waals surface area (Å²) in [6.07, 6.45) is 4.66. The molecule has 0 bridgehead atoms. The summed E-state index contributed by atoms with van der Waals surface area (Å²) in [5, 5.41) is 7.38. The van der Waals surface area contributed by atoms with Gasteiger partial charge < -0.3 is 20.4 Å². The summed E-state index contributed by atoms with van der Waals surface area (Å²) in [6.45, 7) is 22.3. The predicted octanol–water partition coefficient (Wildman–Crippen LogP) is 5.78. The highest BCUT2D eigenvalue weighted by molar-refractivity contribution is 5.89. The van der Waals surface area contributed by atoms with Crippen LogP contribution in [0, 0.1) is 6.92 Å². The molecule has 0 saturated carbocycles. The van der Waals surface area contributed by atoms with E-state index in [1.807, 2.05) is 13.0 Å². The summed E-state index contributed by atoms with van der Waals surface area (Å²) in [5.41, 5.74) is 4.01. The molecular formula is C27H48N6. The van der Waals surface area contributed by atoms with Crippen LogP contribution in [0.1, 0.15) is 72.9 Å². The minimum Gasteiger partial charge on any atom is -0.381 e. The number of pyridine rings is 2. The van der Waals surface area contributed by atoms with Gasteiger partial charge in [-0.2, -0.15) is 0 Å². The van der Waals surface area contributed by atoms with Gasteiger partial charge in [0.2, 0.25) is 0 Å². The Balaban J connectivity index is 2.06. The van der Waals surface area contributed by atoms with Gasteiger partial charge in [0.25, 0.3) is 0 Å². The molecule has 0 fully saturated rings. The van der Waals surface area contributed by atoms with E-state index in [0.717, 1.165) is 80.3 Å². The Bertz CT molecular complexity index is 816. The van der Waals surface area contributed by atoms with Crippen molar-refractivity contribution in [2.45, 2.75) is 86.2 Å². The van der Waals surface area contributed by atoms with E-state index in [-0.39, 0.29) is 0 Å². The van der Waals surface area contributed by atoms with Crippen molar-refractivity contribution in [2.24, 2.45) is 0 Å². The zero-order chi connectivity index (χ0) is 24.2. The summed E-state index contributed by atoms with van der Waals surface area (Å²) in [6, 6.07) is 7.04. The summed E-state index contributed by atoms with van der Waals surface area (Å²) in [5.74, 6) is 0.932. The van der Waals surface area contributed by atoms with Crippen molar-refractivity contribution in [2.75, 3.05) is 49.9 Å². The van der Waals surface area contributed by atoms with E-state index in [1.165, 1.54) is 12.8 Å². The zero-order valence-corrected chi connectivity index (χ0v) is 22.2. The van der Waals surface area contributed by atoms with Gasteiger partial charge in [-0.05, 0) is 97.9 Å². The molecule has 6 nitrogen and oxygen atoms in total. The molecule has 2 aromatic rings. The molecule has 0 aliphatic rings. The van der Waals surface area contributed by atoms with Crippen LogP contribution in [0.5, 0.6) is 0 Å². The molecule has 0 radical (unpaired) electrons. The minimum atomic E-state index is 0.378. The van der Waals surface area contributed by atoms with Gasteiger partial charge in [-0.15, -0.1) is 0 Å². The van der Waals surface area contributed by atoms with Crippen LogP contribution in [0.4, 0.5) is 11.5 Å². The van der Waals surface area contributed by atoms with Crippen molar-refractivity contribution in [1.82, 2.24) is 19.8 Å². The second-order valence-electron chi connectivity index (χ2n) is 9.30. The number of aromatic nitrogens is 2. The van der Waals surface area contributed by atoms with E-state index < -0.39 is 0 Å². The molecule has 6 heteroatoms. The van der Waals surface area contributed by atoms with E-state index in [9.17, 15) is 0 Å². The third-order valence-electron chi connectivity index (χ3n) is 6.60. The van der Waals surface area contributed by atoms with Crippen LogP contribution in [-0.2, 0) is 0 Å². The van der Waals surface area contributed by atoms with Gasteiger partial charge in [0.15, 0.2) is 0 Å². The van der Waals surface area contributed by atoms with E-state index in [4.69, 9.17) is 9.97 Å². The first kappa shape index (κ1) is 27.3. The Morgan fingerprint density at radius 3 is 1.88 bits per heavy atom. The average molecular weight is 457 g/mol. The molecule has 0 aliphatic heterocycles. The van der Waals surface area contributed by atoms with Crippen molar-refractivity contribution in [3.05, 3.63) is 23.9 Å². The molecule has 0 saturated heterocycles. The molecule has 2 aromatic heterocycles. The Morgan fingerprint density at radius 1 is 0.788 bits per heavy atom. The molecule has 0 amide bonds. The van der Waals surface area contributed by atoms with Gasteiger partial charge in [0.1, 0.15) is 11.3 Å². The maximum Gasteiger partial charge on any atom is 0.129 e. The van der Waals surface area contributed by atoms with E-state index in [0.29, 0.717) is 12.1 Å². The highest BCUT2D eigenvalue weighted by Gasteiger charge is 2.13. The third kappa shape index (κ3) is 9.09. The van der Waals surface area contributed by atoms with Gasteiger partial charge in [-0.25, -0.2) is 9.97 Å². The second-order valence-corrected chi connectivity index (χ2v) is 9.30. The number of aryl methyl sites for hydroxylation is 1. The van der Waals surface area contributed by atoms with Crippen LogP contribution < -0.4 is 10.6 Å². The molecular weight excluding hydrogens is 408 g/mol. The maximum atomic E-state index is 4.88. The van der Waals surface area contributed by atoms with Crippen LogP contribution in [0.3, 0.4) is 0 Å². The summed E-state index contributed by atoms with van der Waals surface area (Å²) in [7, 11) is 0. The largest absolute Gasteiger partial charge is 0.381 e. The van der Waals surface area contributed by atoms with Crippen LogP contribution in [0.2, 0.25) is 0 Å². The molecule has 2 atom stereocenters. The second kappa shape index (κ2) is 14.4. The van der Waals surface area contributed by atoms with Crippen molar-refractivity contribution < 1.29 is 0 Å². The van der Waals surface area contributed by atoms with Gasteiger partial charge in [-0.3, -0.25) is 0 Å². The van der Waals surface area contributed by atoms with Crippen LogP contribution >= 0.6 is 0 Å². The predicted molar refractivity (Wildman–Crippen MR) is 144 cm³/mol. The van der Waals surface area contributed by atoms with E-state index >= 15 is 0 Å². The lowest BCUT2D eigenvalue weighted by atomic mass is 10.1. The third-order valence-corrected chi connectivity index (χ3v) is 6.60. The number of rotatable bonds is 16.